The normalized spacial score (nSPS) is 9.75. The molecule has 0 aromatic heterocycles. The molecule has 0 fully saturated rings. The molecule has 1 aromatic rings. The number of nitrogens with zero attached hydrogens (tertiary/aromatic N) is 1. The molecule has 3 heteroatoms. The Morgan fingerprint density at radius 1 is 1.19 bits per heavy atom. The number of nitriles is 1. The molecule has 3 nitrogen and oxygen atoms in total. The SMILES string of the molecule is CCCOCCCOc1ccccc1C#N. The highest BCUT2D eigenvalue weighted by molar-refractivity contribution is 5.42. The fourth-order valence-electron chi connectivity index (χ4n) is 1.27. The molecule has 0 aliphatic carbocycles. The van der Waals surface area contributed by atoms with Crippen LogP contribution in [0.1, 0.15) is 25.3 Å². The largest absolute Gasteiger partial charge is 0.492 e. The number of ether oxygens (including phenoxy) is 2. The number of hydrogen-bond acceptors (Lipinski definition) is 3. The molecular formula is C13H17NO2. The Morgan fingerprint density at radius 3 is 2.75 bits per heavy atom. The number of rotatable bonds is 7. The van der Waals surface area contributed by atoms with Gasteiger partial charge in [0.15, 0.2) is 0 Å². The van der Waals surface area contributed by atoms with E-state index in [1.807, 2.05) is 18.2 Å². The third-order valence-corrected chi connectivity index (χ3v) is 2.05. The number of benzene rings is 1. The quantitative estimate of drug-likeness (QED) is 0.662. The Morgan fingerprint density at radius 2 is 2.00 bits per heavy atom. The first-order chi connectivity index (χ1) is 7.88. The minimum atomic E-state index is 0.581. The Labute approximate surface area is 96.6 Å². The van der Waals surface area contributed by atoms with Gasteiger partial charge in [0, 0.05) is 19.6 Å². The van der Waals surface area contributed by atoms with Crippen LogP contribution in [0, 0.1) is 11.3 Å². The van der Waals surface area contributed by atoms with Crippen molar-refractivity contribution in [2.24, 2.45) is 0 Å². The van der Waals surface area contributed by atoms with Crippen LogP contribution in [0.2, 0.25) is 0 Å². The first-order valence-electron chi connectivity index (χ1n) is 5.58. The zero-order valence-electron chi connectivity index (χ0n) is 9.61. The topological polar surface area (TPSA) is 42.2 Å². The highest BCUT2D eigenvalue weighted by atomic mass is 16.5. The van der Waals surface area contributed by atoms with E-state index in [9.17, 15) is 0 Å². The summed E-state index contributed by atoms with van der Waals surface area (Å²) in [6.07, 6.45) is 1.89. The molecule has 1 rings (SSSR count). The van der Waals surface area contributed by atoms with Crippen LogP contribution in [0.15, 0.2) is 24.3 Å². The van der Waals surface area contributed by atoms with E-state index in [0.717, 1.165) is 19.4 Å². The lowest BCUT2D eigenvalue weighted by Gasteiger charge is -2.07. The van der Waals surface area contributed by atoms with E-state index < -0.39 is 0 Å². The fraction of sp³-hybridized carbons (Fsp3) is 0.462. The van der Waals surface area contributed by atoms with Gasteiger partial charge >= 0.3 is 0 Å². The van der Waals surface area contributed by atoms with Gasteiger partial charge in [-0.05, 0) is 18.6 Å². The zero-order valence-corrected chi connectivity index (χ0v) is 9.61. The second kappa shape index (κ2) is 7.72. The van der Waals surface area contributed by atoms with E-state index in [1.54, 1.807) is 6.07 Å². The van der Waals surface area contributed by atoms with E-state index >= 15 is 0 Å². The molecule has 0 aliphatic rings. The van der Waals surface area contributed by atoms with Crippen molar-refractivity contribution < 1.29 is 9.47 Å². The Kier molecular flexibility index (Phi) is 6.05. The third-order valence-electron chi connectivity index (χ3n) is 2.05. The second-order valence-electron chi connectivity index (χ2n) is 3.42. The first-order valence-corrected chi connectivity index (χ1v) is 5.58. The molecule has 0 aliphatic heterocycles. The lowest BCUT2D eigenvalue weighted by Crippen LogP contribution is -2.04. The average molecular weight is 219 g/mol. The van der Waals surface area contributed by atoms with Crippen molar-refractivity contribution in [1.82, 2.24) is 0 Å². The van der Waals surface area contributed by atoms with Crippen molar-refractivity contribution in [3.8, 4) is 11.8 Å². The predicted molar refractivity (Wildman–Crippen MR) is 62.4 cm³/mol. The van der Waals surface area contributed by atoms with Crippen molar-refractivity contribution in [3.05, 3.63) is 29.8 Å². The van der Waals surface area contributed by atoms with Gasteiger partial charge in [-0.2, -0.15) is 5.26 Å². The van der Waals surface area contributed by atoms with Gasteiger partial charge in [0.2, 0.25) is 0 Å². The summed E-state index contributed by atoms with van der Waals surface area (Å²) in [6.45, 7) is 4.18. The van der Waals surface area contributed by atoms with E-state index in [2.05, 4.69) is 13.0 Å². The van der Waals surface area contributed by atoms with E-state index in [1.165, 1.54) is 0 Å². The molecule has 0 radical (unpaired) electrons. The molecule has 86 valence electrons. The molecule has 16 heavy (non-hydrogen) atoms. The Balaban J connectivity index is 2.24. The third kappa shape index (κ3) is 4.33. The summed E-state index contributed by atoms with van der Waals surface area (Å²) in [5.74, 6) is 0.653. The summed E-state index contributed by atoms with van der Waals surface area (Å²) in [6, 6.07) is 9.36. The molecule has 0 saturated heterocycles. The van der Waals surface area contributed by atoms with Crippen LogP contribution in [0.25, 0.3) is 0 Å². The molecular weight excluding hydrogens is 202 g/mol. The summed E-state index contributed by atoms with van der Waals surface area (Å²) in [5, 5.41) is 8.84. The highest BCUT2D eigenvalue weighted by Gasteiger charge is 2.00. The molecule has 0 unspecified atom stereocenters. The highest BCUT2D eigenvalue weighted by Crippen LogP contribution is 2.16. The van der Waals surface area contributed by atoms with Gasteiger partial charge in [-0.25, -0.2) is 0 Å². The van der Waals surface area contributed by atoms with Gasteiger partial charge in [0.1, 0.15) is 11.8 Å². The number of hydrogen-bond donors (Lipinski definition) is 0. The van der Waals surface area contributed by atoms with Crippen LogP contribution in [0.4, 0.5) is 0 Å². The first kappa shape index (κ1) is 12.5. The van der Waals surface area contributed by atoms with Crippen LogP contribution >= 0.6 is 0 Å². The second-order valence-corrected chi connectivity index (χ2v) is 3.42. The van der Waals surface area contributed by atoms with E-state index in [0.29, 0.717) is 24.5 Å². The van der Waals surface area contributed by atoms with Crippen LogP contribution in [0.3, 0.4) is 0 Å². The lowest BCUT2D eigenvalue weighted by atomic mass is 10.2. The summed E-state index contributed by atoms with van der Waals surface area (Å²) in [5.41, 5.74) is 0.581. The summed E-state index contributed by atoms with van der Waals surface area (Å²) >= 11 is 0. The van der Waals surface area contributed by atoms with Crippen LogP contribution in [-0.2, 0) is 4.74 Å². The summed E-state index contributed by atoms with van der Waals surface area (Å²) in [7, 11) is 0. The van der Waals surface area contributed by atoms with E-state index in [4.69, 9.17) is 14.7 Å². The molecule has 0 atom stereocenters. The predicted octanol–water partition coefficient (Wildman–Crippen LogP) is 2.75. The number of para-hydroxylation sites is 1. The van der Waals surface area contributed by atoms with Gasteiger partial charge in [0.05, 0.1) is 12.2 Å². The van der Waals surface area contributed by atoms with Crippen molar-refractivity contribution in [1.29, 1.82) is 5.26 Å². The molecule has 0 amide bonds. The average Bonchev–Trinajstić information content (AvgIpc) is 2.34. The van der Waals surface area contributed by atoms with Crippen molar-refractivity contribution in [2.45, 2.75) is 19.8 Å². The zero-order chi connectivity index (χ0) is 11.6. The minimum Gasteiger partial charge on any atom is -0.492 e. The Hall–Kier alpha value is -1.53. The fourth-order valence-corrected chi connectivity index (χ4v) is 1.27. The van der Waals surface area contributed by atoms with Crippen molar-refractivity contribution in [3.63, 3.8) is 0 Å². The molecule has 0 saturated carbocycles. The monoisotopic (exact) mass is 219 g/mol. The standard InChI is InChI=1S/C13H17NO2/c1-2-8-15-9-5-10-16-13-7-4-3-6-12(13)11-14/h3-4,6-7H,2,5,8-10H2,1H3. The van der Waals surface area contributed by atoms with Gasteiger partial charge in [-0.1, -0.05) is 19.1 Å². The van der Waals surface area contributed by atoms with Crippen molar-refractivity contribution >= 4 is 0 Å². The van der Waals surface area contributed by atoms with Gasteiger partial charge in [-0.15, -0.1) is 0 Å². The maximum Gasteiger partial charge on any atom is 0.137 e. The lowest BCUT2D eigenvalue weighted by molar-refractivity contribution is 0.120. The van der Waals surface area contributed by atoms with Crippen LogP contribution in [-0.4, -0.2) is 19.8 Å². The molecule has 0 spiro atoms. The summed E-state index contributed by atoms with van der Waals surface area (Å²) in [4.78, 5) is 0. The van der Waals surface area contributed by atoms with Crippen LogP contribution < -0.4 is 4.74 Å². The van der Waals surface area contributed by atoms with Gasteiger partial charge in [-0.3, -0.25) is 0 Å². The van der Waals surface area contributed by atoms with Gasteiger partial charge in [0.25, 0.3) is 0 Å². The summed E-state index contributed by atoms with van der Waals surface area (Å²) < 4.78 is 10.8. The molecule has 0 heterocycles. The van der Waals surface area contributed by atoms with Crippen LogP contribution in [0.5, 0.6) is 5.75 Å². The molecule has 0 N–H and O–H groups in total. The molecule has 1 aromatic carbocycles. The van der Waals surface area contributed by atoms with Gasteiger partial charge < -0.3 is 9.47 Å². The maximum atomic E-state index is 8.84. The molecule has 0 bridgehead atoms. The Bertz CT molecular complexity index is 344. The smallest absolute Gasteiger partial charge is 0.137 e. The minimum absolute atomic E-state index is 0.581. The van der Waals surface area contributed by atoms with E-state index in [-0.39, 0.29) is 0 Å². The van der Waals surface area contributed by atoms with Crippen molar-refractivity contribution in [2.75, 3.05) is 19.8 Å². The maximum absolute atomic E-state index is 8.84.